The maximum absolute atomic E-state index is 10.8. The van der Waals surface area contributed by atoms with Crippen LogP contribution < -0.4 is 10.9 Å². The lowest BCUT2D eigenvalue weighted by atomic mass is 9.98. The second kappa shape index (κ2) is 2.49. The Hall–Kier alpha value is -1.05. The fraction of sp³-hybridized carbons (Fsp3) is 0. The van der Waals surface area contributed by atoms with Gasteiger partial charge in [0, 0.05) is 0 Å². The highest BCUT2D eigenvalue weighted by Crippen LogP contribution is 1.71. The molecule has 0 spiro atoms. The summed E-state index contributed by atoms with van der Waals surface area (Å²) in [6, 6.07) is 8.82. The minimum atomic E-state index is 0.0972. The molecule has 0 saturated carbocycles. The summed E-state index contributed by atoms with van der Waals surface area (Å²) in [6.07, 6.45) is 0. The third kappa shape index (κ3) is 1.42. The van der Waals surface area contributed by atoms with E-state index in [1.54, 1.807) is 12.1 Å². The lowest BCUT2D eigenvalue weighted by molar-refractivity contribution is 1.74. The largest absolute Gasteiger partial charge is 0.291 e. The molecule has 0 unspecified atom stereocenters. The second-order valence-electron chi connectivity index (χ2n) is 1.96. The van der Waals surface area contributed by atoms with Crippen LogP contribution in [0.3, 0.4) is 0 Å². The first kappa shape index (κ1) is 6.08. The van der Waals surface area contributed by atoms with Gasteiger partial charge in [-0.1, -0.05) is 24.3 Å². The van der Waals surface area contributed by atoms with Crippen LogP contribution in [0, 0.1) is 0 Å². The van der Waals surface area contributed by atoms with E-state index >= 15 is 0 Å². The lowest BCUT2D eigenvalue weighted by Crippen LogP contribution is -2.20. The number of hydrogen-bond acceptors (Lipinski definition) is 1. The van der Waals surface area contributed by atoms with Gasteiger partial charge in [0.2, 0.25) is 0 Å². The van der Waals surface area contributed by atoms with Crippen LogP contribution in [0.1, 0.15) is 0 Å². The van der Waals surface area contributed by atoms with Crippen molar-refractivity contribution in [3.05, 3.63) is 40.6 Å². The summed E-state index contributed by atoms with van der Waals surface area (Å²) >= 11 is 0. The van der Waals surface area contributed by atoms with E-state index in [1.165, 1.54) is 0 Å². The molecular weight excluding hydrogens is 111 g/mol. The molecule has 1 aromatic carbocycles. The molecule has 0 amide bonds. The maximum atomic E-state index is 10.8. The lowest BCUT2D eigenvalue weighted by Gasteiger charge is -1.73. The molecule has 44 valence electrons. The van der Waals surface area contributed by atoms with E-state index in [0.29, 0.717) is 0 Å². The molecule has 2 heteroatoms. The molecule has 0 heterocycles. The minimum absolute atomic E-state index is 0.0972. The Morgan fingerprint density at radius 2 is 1.78 bits per heavy atom. The van der Waals surface area contributed by atoms with Crippen molar-refractivity contribution in [2.45, 2.75) is 0 Å². The van der Waals surface area contributed by atoms with Gasteiger partial charge in [-0.05, 0) is 11.5 Å². The van der Waals surface area contributed by atoms with Gasteiger partial charge in [-0.25, -0.2) is 0 Å². The molecule has 0 atom stereocenters. The van der Waals surface area contributed by atoms with Gasteiger partial charge in [0.05, 0.1) is 0 Å². The van der Waals surface area contributed by atoms with E-state index in [-0.39, 0.29) is 5.43 Å². The summed E-state index contributed by atoms with van der Waals surface area (Å²) in [7, 11) is 1.81. The molecule has 0 saturated heterocycles. The van der Waals surface area contributed by atoms with Gasteiger partial charge in [0.1, 0.15) is 7.85 Å². The quantitative estimate of drug-likeness (QED) is 0.412. The Balaban J connectivity index is 3.42. The van der Waals surface area contributed by atoms with E-state index in [4.69, 9.17) is 0 Å². The van der Waals surface area contributed by atoms with Gasteiger partial charge in [-0.15, -0.1) is 0 Å². The predicted octanol–water partition coefficient (Wildman–Crippen LogP) is -0.695. The van der Waals surface area contributed by atoms with Crippen molar-refractivity contribution in [1.29, 1.82) is 0 Å². The molecule has 1 nitrogen and oxygen atoms in total. The van der Waals surface area contributed by atoms with Gasteiger partial charge in [-0.2, -0.15) is 0 Å². The smallest absolute Gasteiger partial charge is 0.172 e. The van der Waals surface area contributed by atoms with Gasteiger partial charge in [0.25, 0.3) is 0 Å². The van der Waals surface area contributed by atoms with Crippen LogP contribution in [0.5, 0.6) is 0 Å². The normalized spacial score (nSPS) is 8.89. The third-order valence-corrected chi connectivity index (χ3v) is 1.20. The van der Waals surface area contributed by atoms with Gasteiger partial charge < -0.3 is 0 Å². The van der Waals surface area contributed by atoms with E-state index in [2.05, 4.69) is 0 Å². The zero-order valence-corrected chi connectivity index (χ0v) is 5.29. The van der Waals surface area contributed by atoms with E-state index in [9.17, 15) is 4.79 Å². The Bertz CT molecular complexity index is 257. The summed E-state index contributed by atoms with van der Waals surface area (Å²) in [4.78, 5) is 10.8. The first-order valence-corrected chi connectivity index (χ1v) is 2.86. The molecule has 1 rings (SSSR count). The molecule has 0 aliphatic carbocycles. The molecule has 9 heavy (non-hydrogen) atoms. The SMILES string of the molecule is Bc1cccccc1=O. The van der Waals surface area contributed by atoms with Crippen LogP contribution in [-0.4, -0.2) is 7.85 Å². The molecule has 0 N–H and O–H groups in total. The molecule has 0 fully saturated rings. The monoisotopic (exact) mass is 118 g/mol. The number of hydrogen-bond donors (Lipinski definition) is 0. The molecule has 0 bridgehead atoms. The second-order valence-corrected chi connectivity index (χ2v) is 1.96. The minimum Gasteiger partial charge on any atom is -0.291 e. The van der Waals surface area contributed by atoms with Crippen molar-refractivity contribution < 1.29 is 0 Å². The van der Waals surface area contributed by atoms with Crippen molar-refractivity contribution in [3.8, 4) is 0 Å². The van der Waals surface area contributed by atoms with Crippen LogP contribution >= 0.6 is 0 Å². The molecule has 0 radical (unpaired) electrons. The Labute approximate surface area is 54.8 Å². The fourth-order valence-corrected chi connectivity index (χ4v) is 0.621. The summed E-state index contributed by atoms with van der Waals surface area (Å²) in [6.45, 7) is 0. The third-order valence-electron chi connectivity index (χ3n) is 1.20. The Morgan fingerprint density at radius 1 is 1.11 bits per heavy atom. The molecule has 0 aliphatic heterocycles. The van der Waals surface area contributed by atoms with Crippen LogP contribution in [0.25, 0.3) is 0 Å². The van der Waals surface area contributed by atoms with E-state index in [1.807, 2.05) is 26.0 Å². The van der Waals surface area contributed by atoms with E-state index in [0.717, 1.165) is 5.46 Å². The summed E-state index contributed by atoms with van der Waals surface area (Å²) in [5.74, 6) is 0. The molecule has 1 aromatic rings. The Morgan fingerprint density at radius 3 is 2.56 bits per heavy atom. The van der Waals surface area contributed by atoms with Crippen molar-refractivity contribution in [1.82, 2.24) is 0 Å². The summed E-state index contributed by atoms with van der Waals surface area (Å²) < 4.78 is 0. The average molecular weight is 118 g/mol. The Kier molecular flexibility index (Phi) is 1.68. The highest BCUT2D eigenvalue weighted by Gasteiger charge is 1.82. The zero-order valence-electron chi connectivity index (χ0n) is 5.29. The first-order chi connectivity index (χ1) is 4.30. The standard InChI is InChI=1S/C7H7BO/c8-6-4-2-1-3-5-7(6)9/h1-5H,8H2. The zero-order chi connectivity index (χ0) is 6.69. The summed E-state index contributed by atoms with van der Waals surface area (Å²) in [5.41, 5.74) is 0.889. The van der Waals surface area contributed by atoms with E-state index < -0.39 is 0 Å². The first-order valence-electron chi connectivity index (χ1n) is 2.86. The van der Waals surface area contributed by atoms with Crippen LogP contribution in [0.2, 0.25) is 0 Å². The maximum Gasteiger partial charge on any atom is 0.172 e. The molecule has 0 aromatic heterocycles. The fourth-order valence-electron chi connectivity index (χ4n) is 0.621. The number of rotatable bonds is 0. The van der Waals surface area contributed by atoms with Crippen molar-refractivity contribution in [2.24, 2.45) is 0 Å². The van der Waals surface area contributed by atoms with Gasteiger partial charge in [0.15, 0.2) is 5.43 Å². The highest BCUT2D eigenvalue weighted by atomic mass is 16.1. The van der Waals surface area contributed by atoms with Crippen LogP contribution in [0.4, 0.5) is 0 Å². The average Bonchev–Trinajstić information content (AvgIpc) is 1.99. The molecule has 0 aliphatic rings. The highest BCUT2D eigenvalue weighted by molar-refractivity contribution is 6.31. The summed E-state index contributed by atoms with van der Waals surface area (Å²) in [5, 5.41) is 0. The van der Waals surface area contributed by atoms with Crippen molar-refractivity contribution in [3.63, 3.8) is 0 Å². The van der Waals surface area contributed by atoms with Gasteiger partial charge in [-0.3, -0.25) is 4.79 Å². The predicted molar refractivity (Wildman–Crippen MR) is 40.9 cm³/mol. The molecular formula is C7H7BO. The van der Waals surface area contributed by atoms with Gasteiger partial charge >= 0.3 is 0 Å². The van der Waals surface area contributed by atoms with Crippen molar-refractivity contribution >= 4 is 13.3 Å². The topological polar surface area (TPSA) is 17.1 Å². The van der Waals surface area contributed by atoms with Crippen molar-refractivity contribution in [2.75, 3.05) is 0 Å². The van der Waals surface area contributed by atoms with Crippen LogP contribution in [0.15, 0.2) is 35.1 Å². The van der Waals surface area contributed by atoms with Crippen LogP contribution in [-0.2, 0) is 0 Å².